The van der Waals surface area contributed by atoms with Gasteiger partial charge in [-0.2, -0.15) is 0 Å². The van der Waals surface area contributed by atoms with Crippen molar-refractivity contribution in [2.75, 3.05) is 16.8 Å². The van der Waals surface area contributed by atoms with E-state index < -0.39 is 15.8 Å². The summed E-state index contributed by atoms with van der Waals surface area (Å²) < 4.78 is 22.6. The third kappa shape index (κ3) is 3.54. The lowest BCUT2D eigenvalue weighted by molar-refractivity contribution is -0.116. The number of thiophene rings is 1. The minimum atomic E-state index is -3.00. The molecule has 2 rings (SSSR count). The van der Waals surface area contributed by atoms with Crippen molar-refractivity contribution >= 4 is 38.7 Å². The lowest BCUT2D eigenvalue weighted by atomic mass is 10.1. The van der Waals surface area contributed by atoms with Crippen LogP contribution in [0.25, 0.3) is 0 Å². The number of aromatic carboxylic acids is 1. The first-order valence-corrected chi connectivity index (χ1v) is 8.38. The van der Waals surface area contributed by atoms with E-state index in [1.807, 2.05) is 0 Å². The van der Waals surface area contributed by atoms with Crippen molar-refractivity contribution in [1.82, 2.24) is 0 Å². The molecule has 0 bridgehead atoms. The summed E-state index contributed by atoms with van der Waals surface area (Å²) in [7, 11) is -3.00. The molecule has 6 nitrogen and oxygen atoms in total. The standard InChI is InChI=1S/C11H13NO5S2/c13-9(5-7-2-4-19(16,17)6-7)12-8-1-3-18-10(8)11(14)15/h1,3,7H,2,4-6H2,(H,12,13)(H,14,15). The molecule has 19 heavy (non-hydrogen) atoms. The van der Waals surface area contributed by atoms with Crippen molar-refractivity contribution in [3.8, 4) is 0 Å². The normalized spacial score (nSPS) is 21.2. The predicted octanol–water partition coefficient (Wildman–Crippen LogP) is 1.21. The number of sulfone groups is 1. The number of carboxylic acids is 1. The molecule has 1 saturated heterocycles. The van der Waals surface area contributed by atoms with Gasteiger partial charge in [0, 0.05) is 6.42 Å². The molecule has 2 N–H and O–H groups in total. The maximum absolute atomic E-state index is 11.8. The van der Waals surface area contributed by atoms with Gasteiger partial charge in [-0.3, -0.25) is 4.79 Å². The molecule has 1 fully saturated rings. The molecule has 0 saturated carbocycles. The zero-order valence-electron chi connectivity index (χ0n) is 9.96. The van der Waals surface area contributed by atoms with E-state index in [2.05, 4.69) is 5.32 Å². The van der Waals surface area contributed by atoms with E-state index in [0.717, 1.165) is 11.3 Å². The Kier molecular flexibility index (Phi) is 3.91. The maximum Gasteiger partial charge on any atom is 0.348 e. The van der Waals surface area contributed by atoms with Gasteiger partial charge in [-0.15, -0.1) is 11.3 Å². The van der Waals surface area contributed by atoms with E-state index in [1.165, 1.54) is 6.07 Å². The number of anilines is 1. The molecule has 1 aromatic heterocycles. The average molecular weight is 303 g/mol. The molecule has 0 spiro atoms. The van der Waals surface area contributed by atoms with E-state index in [-0.39, 0.29) is 40.3 Å². The molecule has 8 heteroatoms. The Balaban J connectivity index is 1.95. The van der Waals surface area contributed by atoms with E-state index in [9.17, 15) is 18.0 Å². The number of carbonyl (C=O) groups is 2. The number of nitrogens with one attached hydrogen (secondary N) is 1. The third-order valence-electron chi connectivity index (χ3n) is 2.93. The fourth-order valence-electron chi connectivity index (χ4n) is 2.07. The highest BCUT2D eigenvalue weighted by molar-refractivity contribution is 7.91. The van der Waals surface area contributed by atoms with Crippen LogP contribution in [0.15, 0.2) is 11.4 Å². The van der Waals surface area contributed by atoms with Gasteiger partial charge in [-0.25, -0.2) is 13.2 Å². The van der Waals surface area contributed by atoms with Gasteiger partial charge in [0.15, 0.2) is 9.84 Å². The average Bonchev–Trinajstić information content (AvgIpc) is 2.85. The first-order valence-electron chi connectivity index (χ1n) is 5.68. The van der Waals surface area contributed by atoms with Crippen LogP contribution in [0.4, 0.5) is 5.69 Å². The lowest BCUT2D eigenvalue weighted by Gasteiger charge is -2.08. The second-order valence-corrected chi connectivity index (χ2v) is 7.63. The summed E-state index contributed by atoms with van der Waals surface area (Å²) in [6.45, 7) is 0. The van der Waals surface area contributed by atoms with E-state index in [1.54, 1.807) is 5.38 Å². The van der Waals surface area contributed by atoms with Crippen LogP contribution in [0.2, 0.25) is 0 Å². The van der Waals surface area contributed by atoms with Gasteiger partial charge >= 0.3 is 5.97 Å². The van der Waals surface area contributed by atoms with Crippen molar-refractivity contribution < 1.29 is 23.1 Å². The zero-order valence-corrected chi connectivity index (χ0v) is 11.6. The van der Waals surface area contributed by atoms with Gasteiger partial charge in [0.25, 0.3) is 0 Å². The molecule has 104 valence electrons. The summed E-state index contributed by atoms with van der Waals surface area (Å²) in [6, 6.07) is 1.53. The second kappa shape index (κ2) is 5.30. The highest BCUT2D eigenvalue weighted by atomic mass is 32.2. The van der Waals surface area contributed by atoms with Crippen LogP contribution in [-0.2, 0) is 14.6 Å². The zero-order chi connectivity index (χ0) is 14.0. The van der Waals surface area contributed by atoms with Crippen LogP contribution in [0.1, 0.15) is 22.5 Å². The van der Waals surface area contributed by atoms with Crippen molar-refractivity contribution in [3.05, 3.63) is 16.3 Å². The molecule has 1 atom stereocenters. The largest absolute Gasteiger partial charge is 0.477 e. The van der Waals surface area contributed by atoms with E-state index >= 15 is 0 Å². The molecule has 1 unspecified atom stereocenters. The fourth-order valence-corrected chi connectivity index (χ4v) is 4.62. The first-order chi connectivity index (χ1) is 8.87. The summed E-state index contributed by atoms with van der Waals surface area (Å²) >= 11 is 1.03. The highest BCUT2D eigenvalue weighted by Gasteiger charge is 2.29. The van der Waals surface area contributed by atoms with Crippen molar-refractivity contribution in [1.29, 1.82) is 0 Å². The van der Waals surface area contributed by atoms with Crippen LogP contribution in [-0.4, -0.2) is 36.9 Å². The summed E-state index contributed by atoms with van der Waals surface area (Å²) in [6.07, 6.45) is 0.597. The van der Waals surface area contributed by atoms with Gasteiger partial charge in [-0.05, 0) is 23.8 Å². The van der Waals surface area contributed by atoms with Crippen LogP contribution < -0.4 is 5.32 Å². The fraction of sp³-hybridized carbons (Fsp3) is 0.455. The quantitative estimate of drug-likeness (QED) is 0.870. The number of rotatable bonds is 4. The van der Waals surface area contributed by atoms with Crippen molar-refractivity contribution in [2.45, 2.75) is 12.8 Å². The second-order valence-electron chi connectivity index (χ2n) is 4.49. The summed E-state index contributed by atoms with van der Waals surface area (Å²) in [4.78, 5) is 22.7. The Morgan fingerprint density at radius 3 is 2.79 bits per heavy atom. The monoisotopic (exact) mass is 303 g/mol. The van der Waals surface area contributed by atoms with E-state index in [0.29, 0.717) is 6.42 Å². The topological polar surface area (TPSA) is 101 Å². The highest BCUT2D eigenvalue weighted by Crippen LogP contribution is 2.25. The van der Waals surface area contributed by atoms with Gasteiger partial charge < -0.3 is 10.4 Å². The Bertz CT molecular complexity index is 604. The molecule has 0 aliphatic carbocycles. The third-order valence-corrected chi connectivity index (χ3v) is 5.67. The molecule has 1 amide bonds. The number of hydrogen-bond acceptors (Lipinski definition) is 5. The Morgan fingerprint density at radius 1 is 1.47 bits per heavy atom. The minimum absolute atomic E-state index is 0.0375. The number of hydrogen-bond donors (Lipinski definition) is 2. The Labute approximate surface area is 114 Å². The Hall–Kier alpha value is -1.41. The molecule has 1 aromatic rings. The number of carbonyl (C=O) groups excluding carboxylic acids is 1. The molecular weight excluding hydrogens is 290 g/mol. The van der Waals surface area contributed by atoms with Crippen LogP contribution in [0.3, 0.4) is 0 Å². The number of carboxylic acid groups (broad SMARTS) is 1. The van der Waals surface area contributed by atoms with Crippen LogP contribution >= 0.6 is 11.3 Å². The number of amides is 1. The summed E-state index contributed by atoms with van der Waals surface area (Å²) in [5.41, 5.74) is 0.267. The molecule has 0 aromatic carbocycles. The van der Waals surface area contributed by atoms with Crippen LogP contribution in [0.5, 0.6) is 0 Å². The lowest BCUT2D eigenvalue weighted by Crippen LogP contribution is -2.18. The van der Waals surface area contributed by atoms with Gasteiger partial charge in [0.05, 0.1) is 17.2 Å². The molecule has 1 aliphatic rings. The smallest absolute Gasteiger partial charge is 0.348 e. The predicted molar refractivity (Wildman–Crippen MR) is 71.3 cm³/mol. The summed E-state index contributed by atoms with van der Waals surface area (Å²) in [5.74, 6) is -1.44. The SMILES string of the molecule is O=C(CC1CCS(=O)(=O)C1)Nc1ccsc1C(=O)O. The molecule has 0 radical (unpaired) electrons. The van der Waals surface area contributed by atoms with Crippen molar-refractivity contribution in [2.24, 2.45) is 5.92 Å². The van der Waals surface area contributed by atoms with E-state index in [4.69, 9.17) is 5.11 Å². The van der Waals surface area contributed by atoms with Crippen LogP contribution in [0, 0.1) is 5.92 Å². The minimum Gasteiger partial charge on any atom is -0.477 e. The van der Waals surface area contributed by atoms with Gasteiger partial charge in [0.2, 0.25) is 5.91 Å². The first kappa shape index (κ1) is 14.0. The Morgan fingerprint density at radius 2 is 2.21 bits per heavy atom. The summed E-state index contributed by atoms with van der Waals surface area (Å²) in [5, 5.41) is 13.0. The van der Waals surface area contributed by atoms with Gasteiger partial charge in [0.1, 0.15) is 4.88 Å². The molecule has 2 heterocycles. The maximum atomic E-state index is 11.8. The molecule has 1 aliphatic heterocycles. The van der Waals surface area contributed by atoms with Gasteiger partial charge in [-0.1, -0.05) is 0 Å². The van der Waals surface area contributed by atoms with Crippen molar-refractivity contribution in [3.63, 3.8) is 0 Å². The molecular formula is C11H13NO5S2.